The minimum absolute atomic E-state index is 0. The number of hydrogen-bond acceptors (Lipinski definition) is 4. The Balaban J connectivity index is 0.00000480. The Labute approximate surface area is 197 Å². The minimum atomic E-state index is -2.85. The summed E-state index contributed by atoms with van der Waals surface area (Å²) in [5.41, 5.74) is 1.37. The van der Waals surface area contributed by atoms with Crippen LogP contribution in [-0.2, 0) is 6.54 Å². The molecule has 0 aliphatic carbocycles. The number of phenols is 1. The molecule has 31 heavy (non-hydrogen) atoms. The Morgan fingerprint density at radius 2 is 1.77 bits per heavy atom. The number of hydrogen-bond donors (Lipinski definition) is 3. The minimum Gasteiger partial charge on any atom is -0.508 e. The summed E-state index contributed by atoms with van der Waals surface area (Å²) in [6.45, 7) is 1.01. The fourth-order valence-electron chi connectivity index (χ4n) is 2.64. The van der Waals surface area contributed by atoms with Crippen LogP contribution in [0.25, 0.3) is 0 Å². The van der Waals surface area contributed by atoms with Crippen LogP contribution in [0, 0.1) is 0 Å². The molecule has 0 saturated carbocycles. The van der Waals surface area contributed by atoms with Gasteiger partial charge in [-0.3, -0.25) is 9.79 Å². The van der Waals surface area contributed by atoms with Crippen molar-refractivity contribution in [2.45, 2.75) is 20.1 Å². The van der Waals surface area contributed by atoms with E-state index in [1.165, 1.54) is 24.3 Å². The SMILES string of the molecule is CCNC(=NCCNC(=O)c1ccc(O)cc1)N(C)Cc1ccc(OC(F)F)cc1.I. The largest absolute Gasteiger partial charge is 0.508 e. The van der Waals surface area contributed by atoms with Crippen LogP contribution in [0.1, 0.15) is 22.8 Å². The van der Waals surface area contributed by atoms with Gasteiger partial charge in [0.1, 0.15) is 11.5 Å². The van der Waals surface area contributed by atoms with Gasteiger partial charge in [-0.05, 0) is 48.9 Å². The van der Waals surface area contributed by atoms with E-state index < -0.39 is 6.61 Å². The molecular formula is C21H27F2IN4O3. The molecule has 0 aliphatic rings. The van der Waals surface area contributed by atoms with Crippen molar-refractivity contribution in [2.24, 2.45) is 4.99 Å². The number of aromatic hydroxyl groups is 1. The maximum Gasteiger partial charge on any atom is 0.387 e. The quantitative estimate of drug-likeness (QED) is 0.194. The van der Waals surface area contributed by atoms with Crippen molar-refractivity contribution >= 4 is 35.8 Å². The highest BCUT2D eigenvalue weighted by molar-refractivity contribution is 14.0. The molecular weight excluding hydrogens is 521 g/mol. The lowest BCUT2D eigenvalue weighted by Gasteiger charge is -2.22. The Hall–Kier alpha value is -2.63. The van der Waals surface area contributed by atoms with Gasteiger partial charge in [-0.25, -0.2) is 0 Å². The van der Waals surface area contributed by atoms with Crippen LogP contribution in [0.4, 0.5) is 8.78 Å². The summed E-state index contributed by atoms with van der Waals surface area (Å²) in [6, 6.07) is 12.4. The van der Waals surface area contributed by atoms with Crippen molar-refractivity contribution in [1.29, 1.82) is 0 Å². The molecule has 0 bridgehead atoms. The normalized spacial score (nSPS) is 10.9. The van der Waals surface area contributed by atoms with Crippen molar-refractivity contribution in [3.8, 4) is 11.5 Å². The third-order valence-electron chi connectivity index (χ3n) is 4.05. The van der Waals surface area contributed by atoms with Crippen LogP contribution in [0.2, 0.25) is 0 Å². The number of nitrogens with one attached hydrogen (secondary N) is 2. The van der Waals surface area contributed by atoms with Gasteiger partial charge >= 0.3 is 6.61 Å². The van der Waals surface area contributed by atoms with E-state index in [4.69, 9.17) is 0 Å². The van der Waals surface area contributed by atoms with E-state index in [0.29, 0.717) is 37.7 Å². The summed E-state index contributed by atoms with van der Waals surface area (Å²) in [6.07, 6.45) is 0. The first-order valence-electron chi connectivity index (χ1n) is 9.49. The van der Waals surface area contributed by atoms with Crippen LogP contribution in [0.5, 0.6) is 11.5 Å². The van der Waals surface area contributed by atoms with Crippen LogP contribution in [0.3, 0.4) is 0 Å². The molecule has 2 aromatic carbocycles. The van der Waals surface area contributed by atoms with Crippen molar-refractivity contribution < 1.29 is 23.4 Å². The zero-order chi connectivity index (χ0) is 21.9. The highest BCUT2D eigenvalue weighted by atomic mass is 127. The number of ether oxygens (including phenoxy) is 1. The summed E-state index contributed by atoms with van der Waals surface area (Å²) >= 11 is 0. The maximum absolute atomic E-state index is 12.2. The number of phenolic OH excluding ortho intramolecular Hbond substituents is 1. The van der Waals surface area contributed by atoms with E-state index in [-0.39, 0.29) is 41.4 Å². The second kappa shape index (κ2) is 13.6. The molecule has 0 aromatic heterocycles. The summed E-state index contributed by atoms with van der Waals surface area (Å²) in [7, 11) is 1.86. The number of benzene rings is 2. The average molecular weight is 548 g/mol. The number of aliphatic imine (C=N–C) groups is 1. The third-order valence-corrected chi connectivity index (χ3v) is 4.05. The molecule has 170 valence electrons. The van der Waals surface area contributed by atoms with Gasteiger partial charge in [0.2, 0.25) is 0 Å². The fraction of sp³-hybridized carbons (Fsp3) is 0.333. The zero-order valence-electron chi connectivity index (χ0n) is 17.3. The number of halogens is 3. The lowest BCUT2D eigenvalue weighted by atomic mass is 10.2. The van der Waals surface area contributed by atoms with E-state index >= 15 is 0 Å². The molecule has 0 radical (unpaired) electrons. The molecule has 0 spiro atoms. The Morgan fingerprint density at radius 1 is 1.13 bits per heavy atom. The summed E-state index contributed by atoms with van der Waals surface area (Å²) in [4.78, 5) is 18.5. The molecule has 2 rings (SSSR count). The van der Waals surface area contributed by atoms with Gasteiger partial charge in [0.25, 0.3) is 5.91 Å². The van der Waals surface area contributed by atoms with E-state index in [0.717, 1.165) is 5.56 Å². The Morgan fingerprint density at radius 3 is 2.35 bits per heavy atom. The van der Waals surface area contributed by atoms with Crippen molar-refractivity contribution in [3.63, 3.8) is 0 Å². The van der Waals surface area contributed by atoms with Gasteiger partial charge < -0.3 is 25.4 Å². The van der Waals surface area contributed by atoms with Crippen LogP contribution in [0.15, 0.2) is 53.5 Å². The molecule has 1 amide bonds. The third kappa shape index (κ3) is 9.37. The molecule has 2 aromatic rings. The van der Waals surface area contributed by atoms with Gasteiger partial charge in [-0.2, -0.15) is 8.78 Å². The Kier molecular flexibility index (Phi) is 11.6. The van der Waals surface area contributed by atoms with Crippen molar-refractivity contribution in [1.82, 2.24) is 15.5 Å². The fourth-order valence-corrected chi connectivity index (χ4v) is 2.64. The van der Waals surface area contributed by atoms with Crippen LogP contribution < -0.4 is 15.4 Å². The van der Waals surface area contributed by atoms with E-state index in [1.54, 1.807) is 24.3 Å². The Bertz CT molecular complexity index is 834. The van der Waals surface area contributed by atoms with Gasteiger partial charge in [-0.15, -0.1) is 24.0 Å². The molecule has 10 heteroatoms. The first kappa shape index (κ1) is 26.4. The molecule has 0 aliphatic heterocycles. The monoisotopic (exact) mass is 548 g/mol. The first-order chi connectivity index (χ1) is 14.4. The smallest absolute Gasteiger partial charge is 0.387 e. The summed E-state index contributed by atoms with van der Waals surface area (Å²) < 4.78 is 28.8. The average Bonchev–Trinajstić information content (AvgIpc) is 2.71. The van der Waals surface area contributed by atoms with Crippen LogP contribution >= 0.6 is 24.0 Å². The summed E-state index contributed by atoms with van der Waals surface area (Å²) in [5.74, 6) is 0.631. The highest BCUT2D eigenvalue weighted by Gasteiger charge is 2.09. The van der Waals surface area contributed by atoms with Gasteiger partial charge in [0.05, 0.1) is 6.54 Å². The number of carbonyl (C=O) groups is 1. The standard InChI is InChI=1S/C21H26F2N4O3.HI/c1-3-24-21(26-13-12-25-19(29)16-6-8-17(28)9-7-16)27(2)14-15-4-10-18(11-5-15)30-20(22)23;/h4-11,20,28H,3,12-14H2,1-2H3,(H,24,26)(H,25,29);1H. The summed E-state index contributed by atoms with van der Waals surface area (Å²) in [5, 5.41) is 15.2. The van der Waals surface area contributed by atoms with E-state index in [1.807, 2.05) is 18.9 Å². The van der Waals surface area contributed by atoms with Gasteiger partial charge in [0.15, 0.2) is 5.96 Å². The number of guanidine groups is 1. The predicted octanol–water partition coefficient (Wildman–Crippen LogP) is 3.44. The second-order valence-corrected chi connectivity index (χ2v) is 6.42. The molecule has 0 unspecified atom stereocenters. The lowest BCUT2D eigenvalue weighted by Crippen LogP contribution is -2.39. The van der Waals surface area contributed by atoms with Crippen LogP contribution in [-0.4, -0.2) is 55.2 Å². The molecule has 0 saturated heterocycles. The first-order valence-corrected chi connectivity index (χ1v) is 9.49. The molecule has 7 nitrogen and oxygen atoms in total. The number of rotatable bonds is 9. The highest BCUT2D eigenvalue weighted by Crippen LogP contribution is 2.15. The maximum atomic E-state index is 12.2. The van der Waals surface area contributed by atoms with Crippen molar-refractivity contribution in [3.05, 3.63) is 59.7 Å². The predicted molar refractivity (Wildman–Crippen MR) is 126 cm³/mol. The molecule has 0 heterocycles. The molecule has 0 fully saturated rings. The topological polar surface area (TPSA) is 86.2 Å². The molecule has 3 N–H and O–H groups in total. The number of nitrogens with zero attached hydrogens (tertiary/aromatic N) is 2. The number of amides is 1. The van der Waals surface area contributed by atoms with Gasteiger partial charge in [0, 0.05) is 32.2 Å². The molecule has 0 atom stereocenters. The lowest BCUT2D eigenvalue weighted by molar-refractivity contribution is -0.0498. The van der Waals surface area contributed by atoms with E-state index in [9.17, 15) is 18.7 Å². The second-order valence-electron chi connectivity index (χ2n) is 6.42. The van der Waals surface area contributed by atoms with Gasteiger partial charge in [-0.1, -0.05) is 12.1 Å². The van der Waals surface area contributed by atoms with E-state index in [2.05, 4.69) is 20.4 Å². The number of alkyl halides is 2. The van der Waals surface area contributed by atoms with Crippen molar-refractivity contribution in [2.75, 3.05) is 26.7 Å². The zero-order valence-corrected chi connectivity index (χ0v) is 19.7. The number of carbonyl (C=O) groups excluding carboxylic acids is 1.